The van der Waals surface area contributed by atoms with Crippen molar-refractivity contribution < 1.29 is 9.63 Å². The van der Waals surface area contributed by atoms with Crippen LogP contribution in [0, 0.1) is 13.8 Å². The molecule has 128 valence electrons. The summed E-state index contributed by atoms with van der Waals surface area (Å²) in [4.78, 5) is 19.0. The summed E-state index contributed by atoms with van der Waals surface area (Å²) in [5, 5.41) is 11.3. The summed E-state index contributed by atoms with van der Waals surface area (Å²) >= 11 is 0. The van der Waals surface area contributed by atoms with E-state index in [2.05, 4.69) is 28.6 Å². The number of oxime groups is 1. The van der Waals surface area contributed by atoms with Gasteiger partial charge in [0.1, 0.15) is 6.10 Å². The van der Waals surface area contributed by atoms with Crippen LogP contribution in [0.4, 0.5) is 4.79 Å². The van der Waals surface area contributed by atoms with E-state index in [1.54, 1.807) is 11.9 Å². The minimum absolute atomic E-state index is 0.0306. The van der Waals surface area contributed by atoms with Crippen LogP contribution in [-0.4, -0.2) is 52.7 Å². The monoisotopic (exact) mass is 321 g/mol. The molecule has 23 heavy (non-hydrogen) atoms. The molecule has 0 aliphatic carbocycles. The smallest absolute Gasteiger partial charge is 0.317 e. The molecule has 2 rings (SSSR count). The topological polar surface area (TPSA) is 71.8 Å². The van der Waals surface area contributed by atoms with Crippen molar-refractivity contribution in [1.82, 2.24) is 20.0 Å². The number of aromatic nitrogens is 2. The maximum atomic E-state index is 12.1. The summed E-state index contributed by atoms with van der Waals surface area (Å²) < 4.78 is 1.98. The van der Waals surface area contributed by atoms with Crippen LogP contribution >= 0.6 is 0 Å². The van der Waals surface area contributed by atoms with Crippen LogP contribution in [0.1, 0.15) is 37.6 Å². The molecule has 0 fully saturated rings. The van der Waals surface area contributed by atoms with Gasteiger partial charge in [-0.05, 0) is 32.8 Å². The van der Waals surface area contributed by atoms with Crippen molar-refractivity contribution in [2.75, 3.05) is 20.1 Å². The van der Waals surface area contributed by atoms with Gasteiger partial charge in [0.2, 0.25) is 0 Å². The van der Waals surface area contributed by atoms with E-state index in [1.807, 2.05) is 18.5 Å². The average Bonchev–Trinajstić information content (AvgIpc) is 3.11. The molecule has 0 spiro atoms. The molecule has 1 aliphatic rings. The number of urea groups is 1. The van der Waals surface area contributed by atoms with Crippen LogP contribution < -0.4 is 5.32 Å². The third-order valence-electron chi connectivity index (χ3n) is 4.00. The van der Waals surface area contributed by atoms with E-state index in [0.29, 0.717) is 13.1 Å². The highest BCUT2D eigenvalue weighted by Crippen LogP contribution is 2.11. The van der Waals surface area contributed by atoms with Crippen LogP contribution in [0.2, 0.25) is 0 Å². The first-order valence-electron chi connectivity index (χ1n) is 8.21. The third-order valence-corrected chi connectivity index (χ3v) is 4.00. The minimum atomic E-state index is -0.0769. The molecular formula is C16H27N5O2. The van der Waals surface area contributed by atoms with Gasteiger partial charge in [-0.15, -0.1) is 0 Å². The lowest BCUT2D eigenvalue weighted by atomic mass is 10.1. The second-order valence-corrected chi connectivity index (χ2v) is 6.05. The van der Waals surface area contributed by atoms with Gasteiger partial charge in [0.05, 0.1) is 18.0 Å². The fourth-order valence-electron chi connectivity index (χ4n) is 2.60. The molecule has 0 saturated heterocycles. The van der Waals surface area contributed by atoms with Gasteiger partial charge in [0.15, 0.2) is 0 Å². The van der Waals surface area contributed by atoms with E-state index in [4.69, 9.17) is 4.84 Å². The number of carbonyl (C=O) groups is 1. The molecule has 2 amide bonds. The largest absolute Gasteiger partial charge is 0.390 e. The molecule has 1 aliphatic heterocycles. The number of nitrogens with zero attached hydrogens (tertiary/aromatic N) is 4. The van der Waals surface area contributed by atoms with Gasteiger partial charge in [0, 0.05) is 32.3 Å². The first-order valence-corrected chi connectivity index (χ1v) is 8.21. The number of nitrogens with one attached hydrogen (secondary N) is 1. The van der Waals surface area contributed by atoms with Gasteiger partial charge >= 0.3 is 6.03 Å². The molecule has 0 aromatic carbocycles. The molecule has 1 aromatic rings. The minimum Gasteiger partial charge on any atom is -0.390 e. The summed E-state index contributed by atoms with van der Waals surface area (Å²) in [6.45, 7) is 8.09. The molecule has 7 heteroatoms. The molecule has 0 radical (unpaired) electrons. The second-order valence-electron chi connectivity index (χ2n) is 6.05. The Morgan fingerprint density at radius 3 is 2.91 bits per heavy atom. The SMILES string of the molecule is CCC1=NO[C@H](CNC(=O)N(C)CCCn2nc(C)cc2C)C1. The summed E-state index contributed by atoms with van der Waals surface area (Å²) in [5.41, 5.74) is 3.24. The summed E-state index contributed by atoms with van der Waals surface area (Å²) in [5.74, 6) is 0. The van der Waals surface area contributed by atoms with E-state index in [1.165, 1.54) is 0 Å². The molecule has 2 heterocycles. The number of hydrogen-bond acceptors (Lipinski definition) is 4. The molecule has 0 saturated carbocycles. The Hall–Kier alpha value is -2.05. The molecule has 1 aromatic heterocycles. The van der Waals surface area contributed by atoms with Crippen molar-refractivity contribution in [3.63, 3.8) is 0 Å². The molecule has 7 nitrogen and oxygen atoms in total. The highest BCUT2D eigenvalue weighted by molar-refractivity contribution is 5.85. The van der Waals surface area contributed by atoms with Crippen molar-refractivity contribution in [1.29, 1.82) is 0 Å². The van der Waals surface area contributed by atoms with Gasteiger partial charge in [-0.2, -0.15) is 5.10 Å². The van der Waals surface area contributed by atoms with E-state index >= 15 is 0 Å². The van der Waals surface area contributed by atoms with Crippen LogP contribution in [0.5, 0.6) is 0 Å². The van der Waals surface area contributed by atoms with Gasteiger partial charge in [-0.3, -0.25) is 4.68 Å². The van der Waals surface area contributed by atoms with Gasteiger partial charge in [-0.25, -0.2) is 4.79 Å². The van der Waals surface area contributed by atoms with Crippen molar-refractivity contribution >= 4 is 11.7 Å². The zero-order valence-corrected chi connectivity index (χ0v) is 14.5. The zero-order valence-electron chi connectivity index (χ0n) is 14.5. The van der Waals surface area contributed by atoms with Crippen molar-refractivity contribution in [3.05, 3.63) is 17.5 Å². The zero-order chi connectivity index (χ0) is 16.8. The number of carbonyl (C=O) groups excluding carboxylic acids is 1. The summed E-state index contributed by atoms with van der Waals surface area (Å²) in [6.07, 6.45) is 2.54. The lowest BCUT2D eigenvalue weighted by Gasteiger charge is -2.19. The van der Waals surface area contributed by atoms with Crippen LogP contribution in [0.25, 0.3) is 0 Å². The Balaban J connectivity index is 1.64. The Kier molecular flexibility index (Phi) is 6.01. The number of aryl methyl sites for hydroxylation is 3. The van der Waals surface area contributed by atoms with Crippen molar-refractivity contribution in [2.24, 2.45) is 5.16 Å². The van der Waals surface area contributed by atoms with E-state index < -0.39 is 0 Å². The maximum absolute atomic E-state index is 12.1. The van der Waals surface area contributed by atoms with Crippen molar-refractivity contribution in [3.8, 4) is 0 Å². The molecule has 1 N–H and O–H groups in total. The van der Waals surface area contributed by atoms with Crippen LogP contribution in [-0.2, 0) is 11.4 Å². The molecule has 0 unspecified atom stereocenters. The Labute approximate surface area is 137 Å². The summed E-state index contributed by atoms with van der Waals surface area (Å²) in [7, 11) is 1.81. The quantitative estimate of drug-likeness (QED) is 0.836. The van der Waals surface area contributed by atoms with E-state index in [9.17, 15) is 4.79 Å². The Morgan fingerprint density at radius 1 is 1.52 bits per heavy atom. The lowest BCUT2D eigenvalue weighted by Crippen LogP contribution is -2.41. The van der Waals surface area contributed by atoms with Gasteiger partial charge in [-0.1, -0.05) is 12.1 Å². The highest BCUT2D eigenvalue weighted by atomic mass is 16.6. The molecule has 1 atom stereocenters. The van der Waals surface area contributed by atoms with E-state index in [0.717, 1.165) is 42.9 Å². The fraction of sp³-hybridized carbons (Fsp3) is 0.688. The number of amides is 2. The second kappa shape index (κ2) is 7.99. The van der Waals surface area contributed by atoms with E-state index in [-0.39, 0.29) is 12.1 Å². The lowest BCUT2D eigenvalue weighted by molar-refractivity contribution is 0.0852. The first-order chi connectivity index (χ1) is 11.0. The number of rotatable bonds is 7. The Bertz CT molecular complexity index is 567. The normalized spacial score (nSPS) is 16.9. The molecular weight excluding hydrogens is 294 g/mol. The first kappa shape index (κ1) is 17.3. The van der Waals surface area contributed by atoms with Gasteiger partial charge < -0.3 is 15.1 Å². The predicted molar refractivity (Wildman–Crippen MR) is 89.6 cm³/mol. The highest BCUT2D eigenvalue weighted by Gasteiger charge is 2.20. The van der Waals surface area contributed by atoms with Crippen LogP contribution in [0.15, 0.2) is 11.2 Å². The predicted octanol–water partition coefficient (Wildman–Crippen LogP) is 2.09. The Morgan fingerprint density at radius 2 is 2.30 bits per heavy atom. The fourth-order valence-corrected chi connectivity index (χ4v) is 2.60. The maximum Gasteiger partial charge on any atom is 0.317 e. The molecule has 0 bridgehead atoms. The van der Waals surface area contributed by atoms with Crippen LogP contribution in [0.3, 0.4) is 0 Å². The van der Waals surface area contributed by atoms with Gasteiger partial charge in [0.25, 0.3) is 0 Å². The van der Waals surface area contributed by atoms with Crippen molar-refractivity contribution in [2.45, 2.75) is 52.7 Å². The number of hydrogen-bond donors (Lipinski definition) is 1. The summed E-state index contributed by atoms with van der Waals surface area (Å²) in [6, 6.07) is 1.98. The third kappa shape index (κ3) is 4.97. The average molecular weight is 321 g/mol. The standard InChI is InChI=1S/C16H27N5O2/c1-5-14-10-15(23-19-14)11-17-16(22)20(4)7-6-8-21-13(3)9-12(2)18-21/h9,15H,5-8,10-11H2,1-4H3,(H,17,22)/t15-/m0/s1.